The highest BCUT2D eigenvalue weighted by Crippen LogP contribution is 2.32. The van der Waals surface area contributed by atoms with Crippen LogP contribution in [0.4, 0.5) is 0 Å². The number of nitrogens with one attached hydrogen (secondary N) is 1. The van der Waals surface area contributed by atoms with Crippen LogP contribution in [0.3, 0.4) is 0 Å². The van der Waals surface area contributed by atoms with Crippen LogP contribution in [0.25, 0.3) is 0 Å². The second-order valence-corrected chi connectivity index (χ2v) is 7.55. The van der Waals surface area contributed by atoms with Crippen molar-refractivity contribution in [1.29, 1.82) is 0 Å². The van der Waals surface area contributed by atoms with Gasteiger partial charge in [-0.15, -0.1) is 11.3 Å². The molecule has 21 heavy (non-hydrogen) atoms. The van der Waals surface area contributed by atoms with Crippen LogP contribution in [-0.4, -0.2) is 36.5 Å². The van der Waals surface area contributed by atoms with E-state index in [1.165, 1.54) is 16.9 Å². The summed E-state index contributed by atoms with van der Waals surface area (Å²) in [5.74, 6) is 0.933. The summed E-state index contributed by atoms with van der Waals surface area (Å²) in [4.78, 5) is 16.5. The molecule has 3 rings (SSSR count). The maximum absolute atomic E-state index is 12.6. The molecule has 4 heteroatoms. The van der Waals surface area contributed by atoms with Gasteiger partial charge in [-0.3, -0.25) is 4.79 Å². The summed E-state index contributed by atoms with van der Waals surface area (Å²) in [6, 6.07) is 0.360. The molecular formula is C17H26N2OS. The summed E-state index contributed by atoms with van der Waals surface area (Å²) in [6.45, 7) is 7.86. The molecule has 3 nitrogen and oxygen atoms in total. The van der Waals surface area contributed by atoms with Crippen molar-refractivity contribution in [3.63, 3.8) is 0 Å². The van der Waals surface area contributed by atoms with Crippen molar-refractivity contribution in [2.24, 2.45) is 5.92 Å². The summed E-state index contributed by atoms with van der Waals surface area (Å²) in [5.41, 5.74) is 2.29. The Morgan fingerprint density at radius 2 is 2.14 bits per heavy atom. The van der Waals surface area contributed by atoms with Gasteiger partial charge >= 0.3 is 0 Å². The quantitative estimate of drug-likeness (QED) is 0.931. The minimum Gasteiger partial charge on any atom is -0.349 e. The van der Waals surface area contributed by atoms with Gasteiger partial charge in [0.25, 0.3) is 5.91 Å². The number of thiophene rings is 1. The highest BCUT2D eigenvalue weighted by molar-refractivity contribution is 7.10. The van der Waals surface area contributed by atoms with E-state index in [4.69, 9.17) is 0 Å². The van der Waals surface area contributed by atoms with E-state index in [1.54, 1.807) is 11.3 Å². The Balaban J connectivity index is 1.62. The number of piperidine rings is 1. The minimum absolute atomic E-state index is 0.164. The highest BCUT2D eigenvalue weighted by atomic mass is 32.1. The maximum atomic E-state index is 12.6. The van der Waals surface area contributed by atoms with E-state index in [-0.39, 0.29) is 5.91 Å². The molecule has 0 saturated carbocycles. The molecule has 1 saturated heterocycles. The second-order valence-electron chi connectivity index (χ2n) is 6.58. The van der Waals surface area contributed by atoms with Crippen LogP contribution < -0.4 is 5.32 Å². The molecule has 1 fully saturated rings. The van der Waals surface area contributed by atoms with Gasteiger partial charge in [-0.2, -0.15) is 0 Å². The molecule has 1 atom stereocenters. The lowest BCUT2D eigenvalue weighted by atomic mass is 9.88. The first kappa shape index (κ1) is 15.0. The number of amides is 1. The van der Waals surface area contributed by atoms with Crippen molar-refractivity contribution in [2.45, 2.75) is 52.0 Å². The van der Waals surface area contributed by atoms with E-state index in [1.807, 2.05) is 0 Å². The number of carbonyl (C=O) groups is 1. The minimum atomic E-state index is 0.164. The van der Waals surface area contributed by atoms with Crippen LogP contribution in [0.1, 0.15) is 53.9 Å². The zero-order valence-electron chi connectivity index (χ0n) is 13.2. The fourth-order valence-electron chi connectivity index (χ4n) is 3.52. The van der Waals surface area contributed by atoms with Crippen molar-refractivity contribution in [3.8, 4) is 0 Å². The number of nitrogens with zero attached hydrogens (tertiary/aromatic N) is 1. The van der Waals surface area contributed by atoms with E-state index in [0.717, 1.165) is 56.8 Å². The number of likely N-dealkylation sites (tertiary alicyclic amines) is 1. The van der Waals surface area contributed by atoms with Crippen LogP contribution in [0.5, 0.6) is 0 Å². The average molecular weight is 306 g/mol. The topological polar surface area (TPSA) is 32.3 Å². The fraction of sp³-hybridized carbons (Fsp3) is 0.706. The Hall–Kier alpha value is -0.870. The summed E-state index contributed by atoms with van der Waals surface area (Å²) in [6.07, 6.45) is 5.63. The predicted octanol–water partition coefficient (Wildman–Crippen LogP) is 3.09. The first-order valence-electron chi connectivity index (χ1n) is 8.29. The Morgan fingerprint density at radius 1 is 1.38 bits per heavy atom. The lowest BCUT2D eigenvalue weighted by molar-refractivity contribution is 0.0912. The van der Waals surface area contributed by atoms with Crippen molar-refractivity contribution < 1.29 is 4.79 Å². The number of fused-ring (bicyclic) bond motifs is 1. The monoisotopic (exact) mass is 306 g/mol. The second kappa shape index (κ2) is 6.49. The number of hydrogen-bond donors (Lipinski definition) is 1. The zero-order valence-corrected chi connectivity index (χ0v) is 14.0. The standard InChI is InChI=1S/C17H26N2OS/c1-3-19-8-6-13(7-9-19)18-17(20)15-11-21-16-10-12(2)4-5-14(15)16/h11-13H,3-10H2,1-2H3,(H,18,20). The van der Waals surface area contributed by atoms with Gasteiger partial charge < -0.3 is 10.2 Å². The molecule has 0 aromatic carbocycles. The SMILES string of the molecule is CCN1CCC(NC(=O)c2csc3c2CCC(C)C3)CC1. The Morgan fingerprint density at radius 3 is 2.86 bits per heavy atom. The molecule has 1 unspecified atom stereocenters. The first-order chi connectivity index (χ1) is 10.2. The van der Waals surface area contributed by atoms with Crippen LogP contribution in [0, 0.1) is 5.92 Å². The normalized spacial score (nSPS) is 23.8. The highest BCUT2D eigenvalue weighted by Gasteiger charge is 2.25. The molecule has 0 radical (unpaired) electrons. The van der Waals surface area contributed by atoms with Crippen LogP contribution in [0.2, 0.25) is 0 Å². The molecule has 116 valence electrons. The summed E-state index contributed by atoms with van der Waals surface area (Å²) in [5, 5.41) is 5.35. The maximum Gasteiger partial charge on any atom is 0.252 e. The molecule has 0 spiro atoms. The third-order valence-corrected chi connectivity index (χ3v) is 6.07. The van der Waals surface area contributed by atoms with Gasteiger partial charge in [-0.05, 0) is 50.1 Å². The van der Waals surface area contributed by atoms with E-state index >= 15 is 0 Å². The van der Waals surface area contributed by atoms with Gasteiger partial charge in [-0.25, -0.2) is 0 Å². The van der Waals surface area contributed by atoms with Crippen molar-refractivity contribution in [3.05, 3.63) is 21.4 Å². The van der Waals surface area contributed by atoms with Crippen LogP contribution >= 0.6 is 11.3 Å². The van der Waals surface area contributed by atoms with Gasteiger partial charge in [0, 0.05) is 29.4 Å². The third kappa shape index (κ3) is 3.32. The van der Waals surface area contributed by atoms with Crippen molar-refractivity contribution in [1.82, 2.24) is 10.2 Å². The molecule has 1 N–H and O–H groups in total. The molecule has 1 aliphatic heterocycles. The molecule has 1 aromatic heterocycles. The molecule has 1 aromatic rings. The summed E-state index contributed by atoms with van der Waals surface area (Å²) in [7, 11) is 0. The number of rotatable bonds is 3. The summed E-state index contributed by atoms with van der Waals surface area (Å²) < 4.78 is 0. The molecule has 1 aliphatic carbocycles. The third-order valence-electron chi connectivity index (χ3n) is 5.02. The largest absolute Gasteiger partial charge is 0.349 e. The average Bonchev–Trinajstić information content (AvgIpc) is 2.91. The van der Waals surface area contributed by atoms with Gasteiger partial charge in [0.2, 0.25) is 0 Å². The predicted molar refractivity (Wildman–Crippen MR) is 88.1 cm³/mol. The summed E-state index contributed by atoms with van der Waals surface area (Å²) >= 11 is 1.78. The molecule has 2 aliphatic rings. The van der Waals surface area contributed by atoms with Gasteiger partial charge in [0.1, 0.15) is 0 Å². The number of hydrogen-bond acceptors (Lipinski definition) is 3. The van der Waals surface area contributed by atoms with Crippen molar-refractivity contribution >= 4 is 17.2 Å². The fourth-order valence-corrected chi connectivity index (χ4v) is 4.77. The molecule has 0 bridgehead atoms. The Kier molecular flexibility index (Phi) is 4.65. The van der Waals surface area contributed by atoms with E-state index in [9.17, 15) is 4.79 Å². The van der Waals surface area contributed by atoms with Crippen LogP contribution in [-0.2, 0) is 12.8 Å². The van der Waals surface area contributed by atoms with E-state index in [0.29, 0.717) is 6.04 Å². The Bertz CT molecular complexity index is 503. The first-order valence-corrected chi connectivity index (χ1v) is 9.17. The van der Waals surface area contributed by atoms with Gasteiger partial charge in [-0.1, -0.05) is 13.8 Å². The van der Waals surface area contributed by atoms with Crippen molar-refractivity contribution in [2.75, 3.05) is 19.6 Å². The molecule has 1 amide bonds. The zero-order chi connectivity index (χ0) is 14.8. The van der Waals surface area contributed by atoms with Gasteiger partial charge in [0.15, 0.2) is 0 Å². The lowest BCUT2D eigenvalue weighted by Gasteiger charge is -2.31. The lowest BCUT2D eigenvalue weighted by Crippen LogP contribution is -2.44. The molecular weight excluding hydrogens is 280 g/mol. The van der Waals surface area contributed by atoms with Gasteiger partial charge in [0.05, 0.1) is 5.56 Å². The smallest absolute Gasteiger partial charge is 0.252 e. The number of carbonyl (C=O) groups excluding carboxylic acids is 1. The van der Waals surface area contributed by atoms with Crippen LogP contribution in [0.15, 0.2) is 5.38 Å². The van der Waals surface area contributed by atoms with E-state index in [2.05, 4.69) is 29.4 Å². The molecule has 2 heterocycles. The Labute approximate surface area is 131 Å². The van der Waals surface area contributed by atoms with E-state index < -0.39 is 0 Å².